The van der Waals surface area contributed by atoms with E-state index in [1.54, 1.807) is 0 Å². The van der Waals surface area contributed by atoms with E-state index in [0.717, 1.165) is 31.7 Å². The van der Waals surface area contributed by atoms with Crippen molar-refractivity contribution in [3.8, 4) is 0 Å². The molecule has 0 fully saturated rings. The van der Waals surface area contributed by atoms with Gasteiger partial charge in [-0.2, -0.15) is 0 Å². The molecule has 1 aromatic carbocycles. The fourth-order valence-electron chi connectivity index (χ4n) is 2.45. The number of ether oxygens (including phenoxy) is 1. The average molecular weight is 291 g/mol. The molecule has 0 aromatic heterocycles. The van der Waals surface area contributed by atoms with Gasteiger partial charge in [0.2, 0.25) is 0 Å². The van der Waals surface area contributed by atoms with Crippen molar-refractivity contribution in [2.75, 3.05) is 25.4 Å². The maximum Gasteiger partial charge on any atom is 0.407 e. The molecule has 1 aliphatic heterocycles. The molecule has 0 saturated heterocycles. The second kappa shape index (κ2) is 6.35. The monoisotopic (exact) mass is 291 g/mol. The number of nitrogens with two attached hydrogens (primary N) is 1. The highest BCUT2D eigenvalue weighted by molar-refractivity contribution is 5.67. The van der Waals surface area contributed by atoms with Crippen LogP contribution >= 0.6 is 0 Å². The summed E-state index contributed by atoms with van der Waals surface area (Å²) in [6, 6.07) is 6.10. The molecule has 0 spiro atoms. The lowest BCUT2D eigenvalue weighted by molar-refractivity contribution is 0.0521. The number of nitrogens with one attached hydrogen (secondary N) is 1. The second-order valence-corrected chi connectivity index (χ2v) is 6.48. The molecule has 0 aliphatic carbocycles. The zero-order valence-corrected chi connectivity index (χ0v) is 13.1. The Bertz CT molecular complexity index is 509. The normalized spacial score (nSPS) is 15.4. The van der Waals surface area contributed by atoms with Crippen molar-refractivity contribution in [2.45, 2.75) is 39.3 Å². The molecule has 0 unspecified atom stereocenters. The minimum atomic E-state index is -0.450. The van der Waals surface area contributed by atoms with E-state index < -0.39 is 5.60 Å². The van der Waals surface area contributed by atoms with E-state index in [4.69, 9.17) is 10.5 Å². The number of fused-ring (bicyclic) bond motifs is 1. The summed E-state index contributed by atoms with van der Waals surface area (Å²) in [6.45, 7) is 8.90. The van der Waals surface area contributed by atoms with E-state index in [1.807, 2.05) is 26.8 Å². The third-order valence-electron chi connectivity index (χ3n) is 3.42. The lowest BCUT2D eigenvalue weighted by Gasteiger charge is -2.29. The Labute approximate surface area is 126 Å². The van der Waals surface area contributed by atoms with Crippen LogP contribution in [0.4, 0.5) is 10.5 Å². The Hall–Kier alpha value is -1.75. The zero-order valence-electron chi connectivity index (χ0n) is 13.1. The van der Waals surface area contributed by atoms with E-state index in [2.05, 4.69) is 22.3 Å². The van der Waals surface area contributed by atoms with E-state index in [0.29, 0.717) is 6.54 Å². The number of benzene rings is 1. The summed E-state index contributed by atoms with van der Waals surface area (Å²) in [6.07, 6.45) is 0.653. The summed E-state index contributed by atoms with van der Waals surface area (Å²) in [7, 11) is 0. The van der Waals surface area contributed by atoms with Gasteiger partial charge in [-0.3, -0.25) is 4.90 Å². The highest BCUT2D eigenvalue weighted by atomic mass is 16.6. The summed E-state index contributed by atoms with van der Waals surface area (Å²) in [5.41, 5.74) is 8.85. The average Bonchev–Trinajstić information content (AvgIpc) is 2.36. The van der Waals surface area contributed by atoms with Crippen molar-refractivity contribution in [2.24, 2.45) is 0 Å². The molecule has 0 saturated carbocycles. The molecular formula is C16H25N3O2. The van der Waals surface area contributed by atoms with Crippen molar-refractivity contribution in [1.82, 2.24) is 10.2 Å². The number of carbonyl (C=O) groups is 1. The standard InChI is InChI=1S/C16H25N3O2/c1-16(2,3)21-15(20)18-7-9-19-8-6-12-10-14(17)5-4-13(12)11-19/h4-5,10H,6-9,11,17H2,1-3H3,(H,18,20). The topological polar surface area (TPSA) is 67.6 Å². The third kappa shape index (κ3) is 4.93. The molecule has 1 aromatic rings. The van der Waals surface area contributed by atoms with Crippen molar-refractivity contribution in [3.63, 3.8) is 0 Å². The van der Waals surface area contributed by atoms with Gasteiger partial charge in [0.25, 0.3) is 0 Å². The van der Waals surface area contributed by atoms with E-state index in [9.17, 15) is 4.79 Å². The maximum atomic E-state index is 11.6. The molecule has 1 aliphatic rings. The molecule has 0 radical (unpaired) electrons. The fraction of sp³-hybridized carbons (Fsp3) is 0.562. The molecule has 21 heavy (non-hydrogen) atoms. The number of hydrogen-bond acceptors (Lipinski definition) is 4. The van der Waals surface area contributed by atoms with Crippen LogP contribution in [0.1, 0.15) is 31.9 Å². The maximum absolute atomic E-state index is 11.6. The summed E-state index contributed by atoms with van der Waals surface area (Å²) >= 11 is 0. The Balaban J connectivity index is 1.76. The fourth-order valence-corrected chi connectivity index (χ4v) is 2.45. The van der Waals surface area contributed by atoms with Gasteiger partial charge in [-0.15, -0.1) is 0 Å². The molecule has 116 valence electrons. The number of carbonyl (C=O) groups excluding carboxylic acids is 1. The Morgan fingerprint density at radius 1 is 1.38 bits per heavy atom. The molecule has 3 N–H and O–H groups in total. The zero-order chi connectivity index (χ0) is 15.5. The van der Waals surface area contributed by atoms with Crippen LogP contribution in [0.3, 0.4) is 0 Å². The van der Waals surface area contributed by atoms with Gasteiger partial charge < -0.3 is 15.8 Å². The lowest BCUT2D eigenvalue weighted by Crippen LogP contribution is -2.39. The van der Waals surface area contributed by atoms with Gasteiger partial charge in [0, 0.05) is 31.9 Å². The smallest absolute Gasteiger partial charge is 0.407 e. The van der Waals surface area contributed by atoms with Gasteiger partial charge in [0.1, 0.15) is 5.60 Å². The lowest BCUT2D eigenvalue weighted by atomic mass is 9.99. The highest BCUT2D eigenvalue weighted by Crippen LogP contribution is 2.20. The van der Waals surface area contributed by atoms with Crippen LogP contribution in [0.15, 0.2) is 18.2 Å². The van der Waals surface area contributed by atoms with Crippen LogP contribution in [0.25, 0.3) is 0 Å². The number of alkyl carbamates (subject to hydrolysis) is 1. The largest absolute Gasteiger partial charge is 0.444 e. The Morgan fingerprint density at radius 3 is 2.86 bits per heavy atom. The Kier molecular flexibility index (Phi) is 4.73. The van der Waals surface area contributed by atoms with Crippen LogP contribution in [0.5, 0.6) is 0 Å². The molecule has 1 heterocycles. The van der Waals surface area contributed by atoms with Crippen LogP contribution in [0, 0.1) is 0 Å². The SMILES string of the molecule is CC(C)(C)OC(=O)NCCN1CCc2cc(N)ccc2C1. The van der Waals surface area contributed by atoms with Gasteiger partial charge in [-0.25, -0.2) is 4.79 Å². The van der Waals surface area contributed by atoms with Crippen molar-refractivity contribution < 1.29 is 9.53 Å². The van der Waals surface area contributed by atoms with Crippen molar-refractivity contribution in [3.05, 3.63) is 29.3 Å². The van der Waals surface area contributed by atoms with Crippen molar-refractivity contribution >= 4 is 11.8 Å². The first kappa shape index (κ1) is 15.6. The molecule has 5 heteroatoms. The predicted molar refractivity (Wildman–Crippen MR) is 84.1 cm³/mol. The minimum absolute atomic E-state index is 0.354. The Morgan fingerprint density at radius 2 is 2.14 bits per heavy atom. The van der Waals surface area contributed by atoms with Crippen molar-refractivity contribution in [1.29, 1.82) is 0 Å². The number of amides is 1. The molecule has 1 amide bonds. The van der Waals surface area contributed by atoms with Gasteiger partial charge >= 0.3 is 6.09 Å². The van der Waals surface area contributed by atoms with Gasteiger partial charge in [-0.05, 0) is 50.5 Å². The summed E-state index contributed by atoms with van der Waals surface area (Å²) in [4.78, 5) is 13.9. The second-order valence-electron chi connectivity index (χ2n) is 6.48. The first-order chi connectivity index (χ1) is 9.83. The van der Waals surface area contributed by atoms with Crippen LogP contribution in [-0.2, 0) is 17.7 Å². The number of anilines is 1. The molecular weight excluding hydrogens is 266 g/mol. The first-order valence-electron chi connectivity index (χ1n) is 7.40. The molecule has 5 nitrogen and oxygen atoms in total. The summed E-state index contributed by atoms with van der Waals surface area (Å²) in [5.74, 6) is 0. The van der Waals surface area contributed by atoms with Gasteiger partial charge in [-0.1, -0.05) is 6.07 Å². The summed E-state index contributed by atoms with van der Waals surface area (Å²) < 4.78 is 5.21. The van der Waals surface area contributed by atoms with Crippen LogP contribution < -0.4 is 11.1 Å². The van der Waals surface area contributed by atoms with E-state index in [1.165, 1.54) is 11.1 Å². The van der Waals surface area contributed by atoms with Crippen LogP contribution in [0.2, 0.25) is 0 Å². The van der Waals surface area contributed by atoms with Gasteiger partial charge in [0.15, 0.2) is 0 Å². The van der Waals surface area contributed by atoms with E-state index in [-0.39, 0.29) is 6.09 Å². The first-order valence-corrected chi connectivity index (χ1v) is 7.40. The highest BCUT2D eigenvalue weighted by Gasteiger charge is 2.18. The molecule has 2 rings (SSSR count). The molecule has 0 bridgehead atoms. The minimum Gasteiger partial charge on any atom is -0.444 e. The number of hydrogen-bond donors (Lipinski definition) is 2. The number of nitrogens with zero attached hydrogens (tertiary/aromatic N) is 1. The number of nitrogen functional groups attached to an aromatic ring is 1. The summed E-state index contributed by atoms with van der Waals surface area (Å²) in [5, 5.41) is 2.80. The van der Waals surface area contributed by atoms with Crippen LogP contribution in [-0.4, -0.2) is 36.2 Å². The molecule has 0 atom stereocenters. The number of rotatable bonds is 3. The third-order valence-corrected chi connectivity index (χ3v) is 3.42. The van der Waals surface area contributed by atoms with E-state index >= 15 is 0 Å². The van der Waals surface area contributed by atoms with Gasteiger partial charge in [0.05, 0.1) is 0 Å². The quantitative estimate of drug-likeness (QED) is 0.837. The predicted octanol–water partition coefficient (Wildman–Crippen LogP) is 2.15.